The van der Waals surface area contributed by atoms with Crippen LogP contribution in [0.5, 0.6) is 0 Å². The van der Waals surface area contributed by atoms with Gasteiger partial charge in [0.25, 0.3) is 5.56 Å². The Morgan fingerprint density at radius 3 is 2.25 bits per heavy atom. The predicted molar refractivity (Wildman–Crippen MR) is 126 cm³/mol. The van der Waals surface area contributed by atoms with Gasteiger partial charge in [-0.2, -0.15) is 0 Å². The van der Waals surface area contributed by atoms with Crippen molar-refractivity contribution in [2.75, 3.05) is 5.32 Å². The third-order valence-corrected chi connectivity index (χ3v) is 5.50. The van der Waals surface area contributed by atoms with E-state index in [4.69, 9.17) is 5.73 Å². The van der Waals surface area contributed by atoms with Crippen molar-refractivity contribution in [3.05, 3.63) is 101 Å². The maximum Gasteiger partial charge on any atom is 0.259 e. The lowest BCUT2D eigenvalue weighted by molar-refractivity contribution is -0.120. The highest BCUT2D eigenvalue weighted by atomic mass is 16.2. The molecule has 0 unspecified atom stereocenters. The summed E-state index contributed by atoms with van der Waals surface area (Å²) in [5.41, 5.74) is 8.65. The second-order valence-electron chi connectivity index (χ2n) is 7.66. The molecule has 4 rings (SSSR count). The van der Waals surface area contributed by atoms with Gasteiger partial charge in [-0.3, -0.25) is 14.4 Å². The monoisotopic (exact) mass is 425 g/mol. The van der Waals surface area contributed by atoms with Crippen LogP contribution in [0.3, 0.4) is 0 Å². The smallest absolute Gasteiger partial charge is 0.259 e. The highest BCUT2D eigenvalue weighted by Crippen LogP contribution is 2.23. The highest BCUT2D eigenvalue weighted by molar-refractivity contribution is 6.02. The van der Waals surface area contributed by atoms with Gasteiger partial charge >= 0.3 is 0 Å². The molecule has 1 aromatic heterocycles. The van der Waals surface area contributed by atoms with Crippen LogP contribution in [-0.2, 0) is 16.0 Å². The topological polar surface area (TPSA) is 94.2 Å². The summed E-state index contributed by atoms with van der Waals surface area (Å²) in [6.45, 7) is 1.57. The number of carbonyl (C=O) groups excluding carboxylic acids is 2. The molecular weight excluding hydrogens is 402 g/mol. The molecule has 0 aliphatic rings. The van der Waals surface area contributed by atoms with Crippen molar-refractivity contribution in [2.45, 2.75) is 19.4 Å². The van der Waals surface area contributed by atoms with Crippen LogP contribution in [0.15, 0.2) is 89.9 Å². The van der Waals surface area contributed by atoms with Gasteiger partial charge in [0.15, 0.2) is 0 Å². The Morgan fingerprint density at radius 2 is 1.56 bits per heavy atom. The summed E-state index contributed by atoms with van der Waals surface area (Å²) in [5, 5.41) is 3.92. The lowest BCUT2D eigenvalue weighted by Crippen LogP contribution is -2.31. The number of benzene rings is 3. The molecule has 0 bridgehead atoms. The number of carbonyl (C=O) groups is 2. The number of anilines is 1. The number of amides is 2. The lowest BCUT2D eigenvalue weighted by Gasteiger charge is -2.14. The van der Waals surface area contributed by atoms with Gasteiger partial charge in [-0.15, -0.1) is 0 Å². The number of primary amides is 1. The summed E-state index contributed by atoms with van der Waals surface area (Å²) >= 11 is 0. The number of aromatic nitrogens is 1. The van der Waals surface area contributed by atoms with Crippen LogP contribution in [0.4, 0.5) is 5.69 Å². The number of rotatable bonds is 6. The van der Waals surface area contributed by atoms with Crippen LogP contribution in [0, 0.1) is 0 Å². The molecule has 0 radical (unpaired) electrons. The van der Waals surface area contributed by atoms with Crippen molar-refractivity contribution >= 4 is 28.3 Å². The number of hydrogen-bond acceptors (Lipinski definition) is 3. The first-order valence-corrected chi connectivity index (χ1v) is 10.3. The van der Waals surface area contributed by atoms with E-state index < -0.39 is 11.9 Å². The van der Waals surface area contributed by atoms with Crippen LogP contribution in [0.25, 0.3) is 21.9 Å². The minimum atomic E-state index is -0.760. The summed E-state index contributed by atoms with van der Waals surface area (Å²) in [7, 11) is 0. The molecule has 0 aliphatic heterocycles. The summed E-state index contributed by atoms with van der Waals surface area (Å²) in [6.07, 6.45) is 1.74. The zero-order chi connectivity index (χ0) is 22.7. The van der Waals surface area contributed by atoms with E-state index in [-0.39, 0.29) is 17.9 Å². The molecule has 2 amide bonds. The largest absolute Gasteiger partial charge is 0.368 e. The molecular formula is C26H23N3O3. The van der Waals surface area contributed by atoms with Crippen LogP contribution >= 0.6 is 0 Å². The normalized spacial score (nSPS) is 11.8. The van der Waals surface area contributed by atoms with Crippen molar-refractivity contribution in [3.63, 3.8) is 0 Å². The molecule has 4 aromatic rings. The second-order valence-corrected chi connectivity index (χ2v) is 7.66. The molecule has 32 heavy (non-hydrogen) atoms. The first-order chi connectivity index (χ1) is 15.4. The van der Waals surface area contributed by atoms with E-state index in [9.17, 15) is 14.4 Å². The van der Waals surface area contributed by atoms with Crippen LogP contribution in [0.2, 0.25) is 0 Å². The van der Waals surface area contributed by atoms with Gasteiger partial charge in [0.1, 0.15) is 6.04 Å². The molecule has 6 heteroatoms. The molecule has 1 atom stereocenters. The van der Waals surface area contributed by atoms with Crippen LogP contribution in [-0.4, -0.2) is 16.4 Å². The number of nitrogens with zero attached hydrogens (tertiary/aromatic N) is 1. The van der Waals surface area contributed by atoms with Crippen molar-refractivity contribution in [2.24, 2.45) is 5.73 Å². The van der Waals surface area contributed by atoms with E-state index in [1.165, 1.54) is 10.8 Å². The van der Waals surface area contributed by atoms with Crippen molar-refractivity contribution in [3.8, 4) is 11.1 Å². The lowest BCUT2D eigenvalue weighted by atomic mass is 10.0. The Bertz CT molecular complexity index is 1340. The summed E-state index contributed by atoms with van der Waals surface area (Å²) < 4.78 is 1.30. The number of nitrogens with two attached hydrogens (primary N) is 1. The zero-order valence-corrected chi connectivity index (χ0v) is 17.6. The van der Waals surface area contributed by atoms with E-state index in [0.29, 0.717) is 16.5 Å². The van der Waals surface area contributed by atoms with Crippen molar-refractivity contribution in [1.29, 1.82) is 0 Å². The number of nitrogens with one attached hydrogen (secondary N) is 1. The molecule has 0 saturated heterocycles. The Morgan fingerprint density at radius 1 is 0.875 bits per heavy atom. The second kappa shape index (κ2) is 8.89. The summed E-state index contributed by atoms with van der Waals surface area (Å²) in [6, 6.07) is 24.0. The fourth-order valence-corrected chi connectivity index (χ4v) is 3.67. The number of hydrogen-bond donors (Lipinski definition) is 2. The standard InChI is InChI=1S/C26H23N3O3/c1-17(25(27)31)29-15-14-21-22(26(29)32)8-5-9-23(21)28-24(30)16-18-10-12-20(13-11-18)19-6-3-2-4-7-19/h2-15,17H,16H2,1H3,(H2,27,31)(H,28,30)/t17-/m1/s1. The molecule has 0 saturated carbocycles. The maximum atomic E-state index is 12.8. The van der Waals surface area contributed by atoms with Gasteiger partial charge in [0, 0.05) is 22.7 Å². The molecule has 1 heterocycles. The molecule has 0 aliphatic carbocycles. The van der Waals surface area contributed by atoms with Gasteiger partial charge in [0.05, 0.1) is 6.42 Å². The zero-order valence-electron chi connectivity index (χ0n) is 17.6. The fourth-order valence-electron chi connectivity index (χ4n) is 3.67. The SMILES string of the molecule is C[C@H](C(N)=O)n1ccc2c(NC(=O)Cc3ccc(-c4ccccc4)cc3)cccc2c1=O. The van der Waals surface area contributed by atoms with Crippen LogP contribution < -0.4 is 16.6 Å². The molecule has 3 aromatic carbocycles. The third kappa shape index (κ3) is 4.30. The maximum absolute atomic E-state index is 12.8. The quantitative estimate of drug-likeness (QED) is 0.491. The minimum absolute atomic E-state index is 0.181. The summed E-state index contributed by atoms with van der Waals surface area (Å²) in [5.74, 6) is -0.770. The Labute approximate surface area is 185 Å². The van der Waals surface area contributed by atoms with E-state index in [0.717, 1.165) is 16.7 Å². The third-order valence-electron chi connectivity index (χ3n) is 5.50. The highest BCUT2D eigenvalue weighted by Gasteiger charge is 2.15. The Hall–Kier alpha value is -4.19. The first-order valence-electron chi connectivity index (χ1n) is 10.3. The molecule has 3 N–H and O–H groups in total. The number of pyridine rings is 1. The first kappa shape index (κ1) is 21.1. The van der Waals surface area contributed by atoms with Gasteiger partial charge in [-0.25, -0.2) is 0 Å². The fraction of sp³-hybridized carbons (Fsp3) is 0.115. The number of fused-ring (bicyclic) bond motifs is 1. The average Bonchev–Trinajstić information content (AvgIpc) is 2.80. The predicted octanol–water partition coefficient (Wildman–Crippen LogP) is 3.90. The van der Waals surface area contributed by atoms with E-state index in [2.05, 4.69) is 5.32 Å². The van der Waals surface area contributed by atoms with Gasteiger partial charge < -0.3 is 15.6 Å². The molecule has 0 fully saturated rings. The average molecular weight is 425 g/mol. The summed E-state index contributed by atoms with van der Waals surface area (Å²) in [4.78, 5) is 37.0. The van der Waals surface area contributed by atoms with Crippen LogP contribution in [0.1, 0.15) is 18.5 Å². The molecule has 0 spiro atoms. The molecule has 160 valence electrons. The van der Waals surface area contributed by atoms with Crippen molar-refractivity contribution < 1.29 is 9.59 Å². The molecule has 6 nitrogen and oxygen atoms in total. The minimum Gasteiger partial charge on any atom is -0.368 e. The van der Waals surface area contributed by atoms with Crippen molar-refractivity contribution in [1.82, 2.24) is 4.57 Å². The van der Waals surface area contributed by atoms with E-state index in [1.54, 1.807) is 31.2 Å². The Kier molecular flexibility index (Phi) is 5.85. The van der Waals surface area contributed by atoms with E-state index >= 15 is 0 Å². The van der Waals surface area contributed by atoms with Gasteiger partial charge in [-0.05, 0) is 41.8 Å². The Balaban J connectivity index is 1.53. The van der Waals surface area contributed by atoms with Gasteiger partial charge in [-0.1, -0.05) is 60.7 Å². The van der Waals surface area contributed by atoms with E-state index in [1.807, 2.05) is 54.6 Å². The van der Waals surface area contributed by atoms with Gasteiger partial charge in [0.2, 0.25) is 11.8 Å².